The van der Waals surface area contributed by atoms with Gasteiger partial charge in [-0.1, -0.05) is 11.6 Å². The van der Waals surface area contributed by atoms with Crippen molar-refractivity contribution in [3.8, 4) is 0 Å². The Hall–Kier alpha value is -1.98. The van der Waals surface area contributed by atoms with E-state index < -0.39 is 0 Å². The van der Waals surface area contributed by atoms with Crippen molar-refractivity contribution in [3.05, 3.63) is 46.0 Å². The Morgan fingerprint density at radius 1 is 1.23 bits per heavy atom. The third-order valence-corrected chi connectivity index (χ3v) is 5.62. The minimum absolute atomic E-state index is 0.0259. The summed E-state index contributed by atoms with van der Waals surface area (Å²) in [6, 6.07) is 8.36. The van der Waals surface area contributed by atoms with Crippen LogP contribution in [0.4, 0.5) is 17.3 Å². The van der Waals surface area contributed by atoms with Crippen molar-refractivity contribution in [2.24, 2.45) is 0 Å². The third-order valence-electron chi connectivity index (χ3n) is 5.29. The number of benzene rings is 1. The van der Waals surface area contributed by atoms with Gasteiger partial charge in [0.2, 0.25) is 0 Å². The summed E-state index contributed by atoms with van der Waals surface area (Å²) in [5, 5.41) is 0.806. The van der Waals surface area contributed by atoms with E-state index in [1.165, 1.54) is 11.3 Å². The Morgan fingerprint density at radius 3 is 2.88 bits per heavy atom. The topological polar surface area (TPSA) is 54.6 Å². The van der Waals surface area contributed by atoms with Crippen molar-refractivity contribution in [1.29, 1.82) is 0 Å². The smallest absolute Gasteiger partial charge is 0.131 e. The van der Waals surface area contributed by atoms with Gasteiger partial charge in [0.25, 0.3) is 0 Å². The van der Waals surface area contributed by atoms with Crippen LogP contribution in [0, 0.1) is 6.92 Å². The molecule has 1 saturated heterocycles. The Morgan fingerprint density at radius 2 is 2.08 bits per heavy atom. The molecule has 0 aliphatic carbocycles. The molecule has 2 aliphatic rings. The van der Waals surface area contributed by atoms with Crippen molar-refractivity contribution >= 4 is 28.9 Å². The van der Waals surface area contributed by atoms with E-state index in [1.807, 2.05) is 13.0 Å². The number of aromatic nitrogens is 1. The number of nitrogens with zero attached hydrogens (tertiary/aromatic N) is 3. The van der Waals surface area contributed by atoms with Gasteiger partial charge in [0.05, 0.1) is 12.6 Å². The van der Waals surface area contributed by atoms with Crippen molar-refractivity contribution in [2.45, 2.75) is 25.8 Å². The van der Waals surface area contributed by atoms with Crippen molar-refractivity contribution in [2.75, 3.05) is 48.9 Å². The number of rotatable bonds is 2. The molecule has 0 bridgehead atoms. The number of nitrogen functional groups attached to an aromatic ring is 1. The molecular weight excluding hydrogens is 348 g/mol. The number of anilines is 3. The molecule has 2 aliphatic heterocycles. The maximum atomic E-state index is 6.71. The SMILES string of the molecule is Cc1cc(N)nc(N2CCCOCC2c2cc3c(cc2Cl)CCN3C)c1. The van der Waals surface area contributed by atoms with Gasteiger partial charge >= 0.3 is 0 Å². The summed E-state index contributed by atoms with van der Waals surface area (Å²) in [5.41, 5.74) is 10.8. The molecular formula is C20H25ClN4O. The average Bonchev–Trinajstić information content (AvgIpc) is 2.81. The molecule has 0 amide bonds. The molecule has 1 aromatic heterocycles. The number of aryl methyl sites for hydroxylation is 1. The van der Waals surface area contributed by atoms with E-state index in [2.05, 4.69) is 40.0 Å². The quantitative estimate of drug-likeness (QED) is 0.873. The fraction of sp³-hybridized carbons (Fsp3) is 0.450. The van der Waals surface area contributed by atoms with Crippen LogP contribution in [0.5, 0.6) is 0 Å². The zero-order valence-electron chi connectivity index (χ0n) is 15.3. The molecule has 5 nitrogen and oxygen atoms in total. The second-order valence-corrected chi connectivity index (χ2v) is 7.65. The fourth-order valence-corrected chi connectivity index (χ4v) is 4.28. The van der Waals surface area contributed by atoms with Crippen LogP contribution in [0.3, 0.4) is 0 Å². The highest BCUT2D eigenvalue weighted by Gasteiger charge is 2.29. The predicted molar refractivity (Wildman–Crippen MR) is 107 cm³/mol. The number of nitrogens with two attached hydrogens (primary N) is 1. The van der Waals surface area contributed by atoms with E-state index in [-0.39, 0.29) is 6.04 Å². The van der Waals surface area contributed by atoms with Crippen molar-refractivity contribution in [3.63, 3.8) is 0 Å². The van der Waals surface area contributed by atoms with E-state index in [9.17, 15) is 0 Å². The highest BCUT2D eigenvalue weighted by molar-refractivity contribution is 6.31. The zero-order valence-corrected chi connectivity index (χ0v) is 16.1. The largest absolute Gasteiger partial charge is 0.384 e. The average molecular weight is 373 g/mol. The Kier molecular flexibility index (Phi) is 4.67. The molecule has 2 N–H and O–H groups in total. The molecule has 0 spiro atoms. The van der Waals surface area contributed by atoms with Crippen LogP contribution in [0.1, 0.15) is 29.2 Å². The van der Waals surface area contributed by atoms with Crippen LogP contribution in [-0.4, -0.2) is 38.3 Å². The number of ether oxygens (including phenoxy) is 1. The zero-order chi connectivity index (χ0) is 18.3. The van der Waals surface area contributed by atoms with Gasteiger partial charge in [-0.25, -0.2) is 4.98 Å². The molecule has 2 aromatic rings. The molecule has 3 heterocycles. The van der Waals surface area contributed by atoms with Gasteiger partial charge in [0, 0.05) is 37.5 Å². The van der Waals surface area contributed by atoms with E-state index in [0.29, 0.717) is 12.4 Å². The first-order valence-electron chi connectivity index (χ1n) is 9.15. The minimum atomic E-state index is 0.0259. The summed E-state index contributed by atoms with van der Waals surface area (Å²) in [5.74, 6) is 1.44. The van der Waals surface area contributed by atoms with E-state index >= 15 is 0 Å². The lowest BCUT2D eigenvalue weighted by Crippen LogP contribution is -2.32. The highest BCUT2D eigenvalue weighted by Crippen LogP contribution is 2.39. The fourth-order valence-electron chi connectivity index (χ4n) is 3.97. The van der Waals surface area contributed by atoms with Crippen LogP contribution < -0.4 is 15.5 Å². The predicted octanol–water partition coefficient (Wildman–Crippen LogP) is 3.59. The number of hydrogen-bond acceptors (Lipinski definition) is 5. The maximum absolute atomic E-state index is 6.71. The van der Waals surface area contributed by atoms with Gasteiger partial charge in [-0.05, 0) is 60.7 Å². The first-order valence-corrected chi connectivity index (χ1v) is 9.53. The number of hydrogen-bond donors (Lipinski definition) is 1. The van der Waals surface area contributed by atoms with Crippen molar-refractivity contribution < 1.29 is 4.74 Å². The maximum Gasteiger partial charge on any atom is 0.131 e. The van der Waals surface area contributed by atoms with Crippen LogP contribution >= 0.6 is 11.6 Å². The van der Waals surface area contributed by atoms with Crippen LogP contribution in [0.15, 0.2) is 24.3 Å². The summed E-state index contributed by atoms with van der Waals surface area (Å²) in [6.45, 7) is 5.29. The molecule has 4 rings (SSSR count). The second-order valence-electron chi connectivity index (χ2n) is 7.24. The summed E-state index contributed by atoms with van der Waals surface area (Å²) in [7, 11) is 2.13. The lowest BCUT2D eigenvalue weighted by molar-refractivity contribution is 0.134. The third kappa shape index (κ3) is 3.21. The normalized spacial score (nSPS) is 20.2. The number of halogens is 1. The summed E-state index contributed by atoms with van der Waals surface area (Å²) < 4.78 is 5.90. The summed E-state index contributed by atoms with van der Waals surface area (Å²) >= 11 is 6.71. The Bertz CT molecular complexity index is 805. The first-order chi connectivity index (χ1) is 12.5. The van der Waals surface area contributed by atoms with E-state index in [0.717, 1.165) is 54.5 Å². The lowest BCUT2D eigenvalue weighted by atomic mass is 10.0. The van der Waals surface area contributed by atoms with Gasteiger partial charge in [0.15, 0.2) is 0 Å². The molecule has 6 heteroatoms. The Labute approximate surface area is 159 Å². The van der Waals surface area contributed by atoms with Gasteiger partial charge in [-0.15, -0.1) is 0 Å². The van der Waals surface area contributed by atoms with Gasteiger partial charge in [-0.2, -0.15) is 0 Å². The molecule has 0 saturated carbocycles. The second kappa shape index (κ2) is 6.97. The van der Waals surface area contributed by atoms with Gasteiger partial charge in [-0.3, -0.25) is 0 Å². The number of likely N-dealkylation sites (N-methyl/N-ethyl adjacent to an activating group) is 1. The van der Waals surface area contributed by atoms with Crippen molar-refractivity contribution in [1.82, 2.24) is 4.98 Å². The van der Waals surface area contributed by atoms with Crippen LogP contribution in [-0.2, 0) is 11.2 Å². The van der Waals surface area contributed by atoms with Crippen LogP contribution in [0.2, 0.25) is 5.02 Å². The molecule has 1 unspecified atom stereocenters. The summed E-state index contributed by atoms with van der Waals surface area (Å²) in [6.07, 6.45) is 2.00. The Balaban J connectivity index is 1.78. The van der Waals surface area contributed by atoms with Crippen LogP contribution in [0.25, 0.3) is 0 Å². The molecule has 1 atom stereocenters. The van der Waals surface area contributed by atoms with Gasteiger partial charge < -0.3 is 20.3 Å². The monoisotopic (exact) mass is 372 g/mol. The molecule has 1 aromatic carbocycles. The first kappa shape index (κ1) is 17.4. The minimum Gasteiger partial charge on any atom is -0.384 e. The van der Waals surface area contributed by atoms with Gasteiger partial charge in [0.1, 0.15) is 11.6 Å². The number of fused-ring (bicyclic) bond motifs is 1. The lowest BCUT2D eigenvalue weighted by Gasteiger charge is -2.32. The summed E-state index contributed by atoms with van der Waals surface area (Å²) in [4.78, 5) is 9.17. The highest BCUT2D eigenvalue weighted by atomic mass is 35.5. The molecule has 1 fully saturated rings. The molecule has 0 radical (unpaired) electrons. The standard InChI is InChI=1S/C20H25ClN4O/c1-13-8-19(22)23-20(9-13)25-5-3-7-26-12-18(25)15-11-17-14(10-16(15)21)4-6-24(17)2/h8-11,18H,3-7,12H2,1-2H3,(H2,22,23). The molecule has 138 valence electrons. The number of pyridine rings is 1. The van der Waals surface area contributed by atoms with E-state index in [4.69, 9.17) is 22.1 Å². The molecule has 26 heavy (non-hydrogen) atoms. The van der Waals surface area contributed by atoms with E-state index in [1.54, 1.807) is 0 Å².